The number of hydrogen-bond acceptors (Lipinski definition) is 8. The van der Waals surface area contributed by atoms with Gasteiger partial charge in [0, 0.05) is 37.5 Å². The zero-order valence-corrected chi connectivity index (χ0v) is 15.0. The van der Waals surface area contributed by atoms with Crippen molar-refractivity contribution in [3.05, 3.63) is 36.0 Å². The molecule has 4 rings (SSSR count). The molecule has 1 spiro atoms. The molecule has 2 saturated heterocycles. The molecule has 2 aliphatic rings. The topological polar surface area (TPSA) is 115 Å². The Kier molecular flexibility index (Phi) is 3.94. The van der Waals surface area contributed by atoms with Crippen molar-refractivity contribution in [2.45, 2.75) is 18.1 Å². The number of carbonyl (C=O) groups is 1. The summed E-state index contributed by atoms with van der Waals surface area (Å²) in [5, 5.41) is 3.70. The molecule has 0 saturated carbocycles. The highest BCUT2D eigenvalue weighted by molar-refractivity contribution is 7.93. The minimum absolute atomic E-state index is 0.0973. The predicted molar refractivity (Wildman–Crippen MR) is 89.3 cm³/mol. The van der Waals surface area contributed by atoms with Gasteiger partial charge in [-0.2, -0.15) is 0 Å². The molecule has 26 heavy (non-hydrogen) atoms. The average molecular weight is 378 g/mol. The minimum atomic E-state index is -3.31. The number of rotatable bonds is 4. The van der Waals surface area contributed by atoms with E-state index in [-0.39, 0.29) is 49.0 Å². The molecule has 10 heteroatoms. The molecule has 2 aromatic heterocycles. The highest BCUT2D eigenvalue weighted by atomic mass is 32.2. The van der Waals surface area contributed by atoms with Crippen molar-refractivity contribution in [3.63, 3.8) is 0 Å². The lowest BCUT2D eigenvalue weighted by atomic mass is 9.83. The lowest BCUT2D eigenvalue weighted by Gasteiger charge is -2.49. The molecule has 0 N–H and O–H groups in total. The van der Waals surface area contributed by atoms with Gasteiger partial charge >= 0.3 is 6.01 Å². The van der Waals surface area contributed by atoms with Crippen LogP contribution < -0.4 is 4.74 Å². The number of aryl methyl sites for hydroxylation is 1. The van der Waals surface area contributed by atoms with Crippen LogP contribution in [0.25, 0.3) is 0 Å². The molecule has 0 aliphatic carbocycles. The van der Waals surface area contributed by atoms with Gasteiger partial charge < -0.3 is 14.2 Å². The van der Waals surface area contributed by atoms with Crippen molar-refractivity contribution >= 4 is 15.7 Å². The smallest absolute Gasteiger partial charge is 0.316 e. The summed E-state index contributed by atoms with van der Waals surface area (Å²) in [5.74, 6) is -0.334. The van der Waals surface area contributed by atoms with Crippen LogP contribution in [0.1, 0.15) is 22.7 Å². The average Bonchev–Trinajstić information content (AvgIpc) is 3.13. The van der Waals surface area contributed by atoms with Crippen LogP contribution in [-0.2, 0) is 9.84 Å². The highest BCUT2D eigenvalue weighted by Gasteiger charge is 2.63. The molecule has 2 aliphatic heterocycles. The Labute approximate surface area is 150 Å². The third-order valence-electron chi connectivity index (χ3n) is 5.10. The van der Waals surface area contributed by atoms with E-state index in [0.717, 1.165) is 0 Å². The number of sulfone groups is 1. The van der Waals surface area contributed by atoms with Crippen LogP contribution in [0.15, 0.2) is 29.0 Å². The molecule has 4 heterocycles. The van der Waals surface area contributed by atoms with Gasteiger partial charge in [0.15, 0.2) is 9.84 Å². The second-order valence-corrected chi connectivity index (χ2v) is 9.16. The minimum Gasteiger partial charge on any atom is -0.463 e. The van der Waals surface area contributed by atoms with E-state index in [4.69, 9.17) is 9.26 Å². The first-order chi connectivity index (χ1) is 12.4. The summed E-state index contributed by atoms with van der Waals surface area (Å²) < 4.78 is 34.9. The Morgan fingerprint density at radius 1 is 1.38 bits per heavy atom. The van der Waals surface area contributed by atoms with Gasteiger partial charge in [0.25, 0.3) is 5.91 Å². The fourth-order valence-electron chi connectivity index (χ4n) is 3.61. The fraction of sp³-hybridized carbons (Fsp3) is 0.500. The van der Waals surface area contributed by atoms with Crippen LogP contribution >= 0.6 is 0 Å². The molecular weight excluding hydrogens is 360 g/mol. The zero-order chi connectivity index (χ0) is 18.4. The van der Waals surface area contributed by atoms with Crippen molar-refractivity contribution in [1.82, 2.24) is 20.0 Å². The fourth-order valence-corrected chi connectivity index (χ4v) is 6.01. The van der Waals surface area contributed by atoms with E-state index >= 15 is 0 Å². The summed E-state index contributed by atoms with van der Waals surface area (Å²) in [5.41, 5.74) is 0.603. The molecule has 2 fully saturated rings. The van der Waals surface area contributed by atoms with E-state index in [1.165, 1.54) is 4.90 Å². The maximum atomic E-state index is 12.6. The molecule has 138 valence electrons. The lowest BCUT2D eigenvalue weighted by molar-refractivity contribution is 0.0367. The van der Waals surface area contributed by atoms with Crippen molar-refractivity contribution in [3.8, 4) is 6.01 Å². The third-order valence-corrected chi connectivity index (χ3v) is 7.70. The monoisotopic (exact) mass is 378 g/mol. The van der Waals surface area contributed by atoms with Crippen LogP contribution in [0.5, 0.6) is 6.01 Å². The Balaban J connectivity index is 1.47. The molecule has 0 unspecified atom stereocenters. The highest BCUT2D eigenvalue weighted by Crippen LogP contribution is 2.45. The SMILES string of the molecule is Cc1cc(C(=O)N2CC3(C2)[C@H](COc2ncccn2)CCS3(=O)=O)on1. The summed E-state index contributed by atoms with van der Waals surface area (Å²) in [4.78, 5) is 21.9. The van der Waals surface area contributed by atoms with Crippen molar-refractivity contribution < 1.29 is 22.5 Å². The van der Waals surface area contributed by atoms with E-state index in [0.29, 0.717) is 12.1 Å². The number of likely N-dealkylation sites (tertiary alicyclic amines) is 1. The summed E-state index contributed by atoms with van der Waals surface area (Å²) >= 11 is 0. The Hall–Kier alpha value is -2.49. The van der Waals surface area contributed by atoms with Crippen molar-refractivity contribution in [2.75, 3.05) is 25.4 Å². The Morgan fingerprint density at radius 2 is 2.12 bits per heavy atom. The van der Waals surface area contributed by atoms with E-state index < -0.39 is 14.6 Å². The second-order valence-electron chi connectivity index (χ2n) is 6.71. The van der Waals surface area contributed by atoms with E-state index in [1.807, 2.05) is 0 Å². The van der Waals surface area contributed by atoms with E-state index in [9.17, 15) is 13.2 Å². The van der Waals surface area contributed by atoms with Crippen LogP contribution in [0.3, 0.4) is 0 Å². The molecule has 0 bridgehead atoms. The van der Waals surface area contributed by atoms with Gasteiger partial charge in [-0.05, 0) is 19.4 Å². The summed E-state index contributed by atoms with van der Waals surface area (Å²) in [7, 11) is -3.31. The van der Waals surface area contributed by atoms with Gasteiger partial charge in [0.1, 0.15) is 4.75 Å². The quantitative estimate of drug-likeness (QED) is 0.754. The standard InChI is InChI=1S/C16H18N4O5S/c1-11-7-13(25-19-11)14(21)20-9-16(10-20)12(3-6-26(16,22)23)8-24-15-17-4-2-5-18-15/h2,4-5,7,12H,3,6,8-10H2,1H3/t12-/m0/s1. The van der Waals surface area contributed by atoms with Gasteiger partial charge in [-0.15, -0.1) is 0 Å². The number of ether oxygens (including phenoxy) is 1. The van der Waals surface area contributed by atoms with Gasteiger partial charge in [0.2, 0.25) is 5.76 Å². The summed E-state index contributed by atoms with van der Waals surface area (Å²) in [6.45, 7) is 2.19. The zero-order valence-electron chi connectivity index (χ0n) is 14.2. The van der Waals surface area contributed by atoms with Crippen LogP contribution in [0.2, 0.25) is 0 Å². The van der Waals surface area contributed by atoms with E-state index in [1.54, 1.807) is 31.5 Å². The maximum absolute atomic E-state index is 12.6. The summed E-state index contributed by atoms with van der Waals surface area (Å²) in [6.07, 6.45) is 3.62. The second kappa shape index (κ2) is 6.04. The number of hydrogen-bond donors (Lipinski definition) is 0. The first-order valence-corrected chi connectivity index (χ1v) is 9.91. The normalized spacial score (nSPS) is 23.0. The van der Waals surface area contributed by atoms with Crippen LogP contribution in [0, 0.1) is 12.8 Å². The molecule has 0 aromatic carbocycles. The van der Waals surface area contributed by atoms with Crippen molar-refractivity contribution in [2.24, 2.45) is 5.92 Å². The Morgan fingerprint density at radius 3 is 2.77 bits per heavy atom. The van der Waals surface area contributed by atoms with Gasteiger partial charge in [-0.3, -0.25) is 4.79 Å². The first-order valence-electron chi connectivity index (χ1n) is 8.26. The molecular formula is C16H18N4O5S. The largest absolute Gasteiger partial charge is 0.463 e. The third kappa shape index (κ3) is 2.64. The van der Waals surface area contributed by atoms with E-state index in [2.05, 4.69) is 15.1 Å². The van der Waals surface area contributed by atoms with Crippen LogP contribution in [-0.4, -0.2) is 64.5 Å². The first kappa shape index (κ1) is 17.0. The molecule has 0 radical (unpaired) electrons. The predicted octanol–water partition coefficient (Wildman–Crippen LogP) is 0.481. The van der Waals surface area contributed by atoms with Gasteiger partial charge in [-0.1, -0.05) is 5.16 Å². The molecule has 1 atom stereocenters. The van der Waals surface area contributed by atoms with Gasteiger partial charge in [0.05, 0.1) is 18.1 Å². The van der Waals surface area contributed by atoms with Crippen LogP contribution in [0.4, 0.5) is 0 Å². The van der Waals surface area contributed by atoms with Gasteiger partial charge in [-0.25, -0.2) is 18.4 Å². The number of carbonyl (C=O) groups excluding carboxylic acids is 1. The number of amides is 1. The maximum Gasteiger partial charge on any atom is 0.316 e. The lowest BCUT2D eigenvalue weighted by Crippen LogP contribution is -2.68. The molecule has 9 nitrogen and oxygen atoms in total. The Bertz CT molecular complexity index is 921. The number of aromatic nitrogens is 3. The molecule has 1 amide bonds. The molecule has 2 aromatic rings. The van der Waals surface area contributed by atoms with Crippen molar-refractivity contribution in [1.29, 1.82) is 0 Å². The summed E-state index contributed by atoms with van der Waals surface area (Å²) in [6, 6.07) is 3.44. The number of nitrogens with zero attached hydrogens (tertiary/aromatic N) is 4.